The summed E-state index contributed by atoms with van der Waals surface area (Å²) in [6.07, 6.45) is 11.3. The van der Waals surface area contributed by atoms with Gasteiger partial charge in [0.05, 0.1) is 18.7 Å². The monoisotopic (exact) mass is 330 g/mol. The van der Waals surface area contributed by atoms with E-state index >= 15 is 0 Å². The molecule has 4 aliphatic rings. The molecular weight excluding hydrogens is 296 g/mol. The molecule has 8 atom stereocenters. The summed E-state index contributed by atoms with van der Waals surface area (Å²) in [7, 11) is 0. The Bertz CT molecular complexity index is 528. The molecule has 24 heavy (non-hydrogen) atoms. The average Bonchev–Trinajstić information content (AvgIpc) is 2.90. The Labute approximate surface area is 147 Å². The van der Waals surface area contributed by atoms with E-state index in [2.05, 4.69) is 25.2 Å². The third kappa shape index (κ3) is 2.36. The Morgan fingerprint density at radius 1 is 1.00 bits per heavy atom. The highest BCUT2D eigenvalue weighted by Gasteiger charge is 2.59. The van der Waals surface area contributed by atoms with Crippen molar-refractivity contribution in [1.29, 1.82) is 5.26 Å². The molecule has 0 aromatic rings. The molecule has 0 saturated heterocycles. The molecule has 134 valence electrons. The maximum atomic E-state index is 10.1. The summed E-state index contributed by atoms with van der Waals surface area (Å²) in [5, 5.41) is 22.6. The normalized spacial score (nSPS) is 53.6. The van der Waals surface area contributed by atoms with Gasteiger partial charge in [-0.05, 0) is 92.3 Å². The highest BCUT2D eigenvalue weighted by atomic mass is 16.3. The van der Waals surface area contributed by atoms with Crippen molar-refractivity contribution in [2.45, 2.75) is 83.8 Å². The summed E-state index contributed by atoms with van der Waals surface area (Å²) in [6.45, 7) is 5.57. The van der Waals surface area contributed by atoms with Crippen molar-refractivity contribution < 1.29 is 5.11 Å². The quantitative estimate of drug-likeness (QED) is 0.756. The lowest BCUT2D eigenvalue weighted by molar-refractivity contribution is -0.123. The molecule has 0 aliphatic heterocycles. The molecule has 4 saturated carbocycles. The highest BCUT2D eigenvalue weighted by molar-refractivity contribution is 5.11. The fraction of sp³-hybridized carbons (Fsp3) is 0.952. The second kappa shape index (κ2) is 5.99. The van der Waals surface area contributed by atoms with Crippen LogP contribution >= 0.6 is 0 Å². The lowest BCUT2D eigenvalue weighted by atomic mass is 9.45. The van der Waals surface area contributed by atoms with E-state index in [1.165, 1.54) is 44.9 Å². The van der Waals surface area contributed by atoms with Crippen LogP contribution in [0.1, 0.15) is 71.6 Å². The maximum Gasteiger partial charge on any atom is 0.0843 e. The van der Waals surface area contributed by atoms with Crippen LogP contribution in [0.25, 0.3) is 0 Å². The van der Waals surface area contributed by atoms with E-state index < -0.39 is 0 Å². The summed E-state index contributed by atoms with van der Waals surface area (Å²) in [6, 6.07) is 2.82. The molecule has 2 N–H and O–H groups in total. The Kier molecular flexibility index (Phi) is 4.21. The second-order valence-corrected chi connectivity index (χ2v) is 9.80. The van der Waals surface area contributed by atoms with Crippen molar-refractivity contribution in [1.82, 2.24) is 5.32 Å². The van der Waals surface area contributed by atoms with E-state index in [0.717, 1.165) is 36.5 Å². The van der Waals surface area contributed by atoms with E-state index in [0.29, 0.717) is 23.4 Å². The predicted octanol–water partition coefficient (Wildman–Crippen LogP) is 3.87. The minimum atomic E-state index is -0.0421. The molecule has 0 bridgehead atoms. The van der Waals surface area contributed by atoms with Crippen LogP contribution in [0.3, 0.4) is 0 Å². The van der Waals surface area contributed by atoms with Crippen LogP contribution in [0, 0.1) is 45.8 Å². The second-order valence-electron chi connectivity index (χ2n) is 9.80. The van der Waals surface area contributed by atoms with E-state index in [1.807, 2.05) is 0 Å². The molecule has 0 aromatic carbocycles. The first kappa shape index (κ1) is 16.9. The summed E-state index contributed by atoms with van der Waals surface area (Å²) in [5.74, 6) is 3.35. The van der Waals surface area contributed by atoms with Gasteiger partial charge in [-0.3, -0.25) is 0 Å². The number of hydrogen-bond acceptors (Lipinski definition) is 3. The van der Waals surface area contributed by atoms with Gasteiger partial charge >= 0.3 is 0 Å². The van der Waals surface area contributed by atoms with Crippen LogP contribution in [-0.4, -0.2) is 23.8 Å². The first-order chi connectivity index (χ1) is 11.5. The number of aliphatic hydroxyl groups excluding tert-OH is 1. The van der Waals surface area contributed by atoms with Gasteiger partial charge < -0.3 is 10.4 Å². The summed E-state index contributed by atoms with van der Waals surface area (Å²) >= 11 is 0. The van der Waals surface area contributed by atoms with Gasteiger partial charge in [-0.15, -0.1) is 0 Å². The zero-order chi connectivity index (χ0) is 16.9. The van der Waals surface area contributed by atoms with Crippen LogP contribution in [0.2, 0.25) is 0 Å². The number of fused-ring (bicyclic) bond motifs is 5. The molecule has 3 nitrogen and oxygen atoms in total. The van der Waals surface area contributed by atoms with Crippen molar-refractivity contribution in [3.63, 3.8) is 0 Å². The Morgan fingerprint density at radius 2 is 1.75 bits per heavy atom. The summed E-state index contributed by atoms with van der Waals surface area (Å²) in [4.78, 5) is 0. The SMILES string of the molecule is C[C@]12CC[C@H]3[C@H](CC[C@H]4C[C@H](O)CC[C@@]43C)[C@H]1CC[C@H]2NCC#N. The molecule has 0 spiro atoms. The molecule has 0 heterocycles. The standard InChI is InChI=1S/C21H34N2O/c1-20-9-7-15(24)13-14(20)3-4-16-17-5-6-19(23-12-11-22)21(17,2)10-8-18(16)20/h14-19,23-24H,3-10,12-13H2,1-2H3/t14-,15+,16+,17+,18-,19+,20-,21-/m0/s1. The van der Waals surface area contributed by atoms with Gasteiger partial charge in [0.2, 0.25) is 0 Å². The third-order valence-electron chi connectivity index (χ3n) is 9.07. The van der Waals surface area contributed by atoms with E-state index in [1.54, 1.807) is 0 Å². The van der Waals surface area contributed by atoms with Crippen molar-refractivity contribution >= 4 is 0 Å². The van der Waals surface area contributed by atoms with Gasteiger partial charge in [-0.1, -0.05) is 13.8 Å². The van der Waals surface area contributed by atoms with Gasteiger partial charge in [-0.2, -0.15) is 5.26 Å². The van der Waals surface area contributed by atoms with Gasteiger partial charge in [0, 0.05) is 6.04 Å². The zero-order valence-electron chi connectivity index (χ0n) is 15.4. The molecule has 4 rings (SSSR count). The molecular formula is C21H34N2O. The van der Waals surface area contributed by atoms with Crippen molar-refractivity contribution in [2.75, 3.05) is 6.54 Å². The molecule has 0 unspecified atom stereocenters. The Morgan fingerprint density at radius 3 is 2.54 bits per heavy atom. The minimum absolute atomic E-state index is 0.0421. The number of rotatable bonds is 2. The summed E-state index contributed by atoms with van der Waals surface area (Å²) in [5.41, 5.74) is 0.872. The fourth-order valence-corrected chi connectivity index (χ4v) is 7.74. The van der Waals surface area contributed by atoms with Crippen LogP contribution < -0.4 is 5.32 Å². The summed E-state index contributed by atoms with van der Waals surface area (Å²) < 4.78 is 0. The lowest BCUT2D eigenvalue weighted by Gasteiger charge is -2.61. The van der Waals surface area contributed by atoms with Crippen molar-refractivity contribution in [3.05, 3.63) is 0 Å². The maximum absolute atomic E-state index is 10.1. The first-order valence-corrected chi connectivity index (χ1v) is 10.3. The molecule has 0 amide bonds. The molecule has 0 aromatic heterocycles. The lowest BCUT2D eigenvalue weighted by Crippen LogP contribution is -2.55. The Hall–Kier alpha value is -0.590. The largest absolute Gasteiger partial charge is 0.393 e. The minimum Gasteiger partial charge on any atom is -0.393 e. The van der Waals surface area contributed by atoms with Gasteiger partial charge in [0.1, 0.15) is 0 Å². The van der Waals surface area contributed by atoms with Crippen LogP contribution in [-0.2, 0) is 0 Å². The van der Waals surface area contributed by atoms with Gasteiger partial charge in [0.15, 0.2) is 0 Å². The Balaban J connectivity index is 1.55. The van der Waals surface area contributed by atoms with Crippen molar-refractivity contribution in [2.24, 2.45) is 34.5 Å². The van der Waals surface area contributed by atoms with Crippen LogP contribution in [0.4, 0.5) is 0 Å². The number of hydrogen-bond donors (Lipinski definition) is 2. The van der Waals surface area contributed by atoms with E-state index in [9.17, 15) is 5.11 Å². The number of nitriles is 1. The molecule has 4 aliphatic carbocycles. The van der Waals surface area contributed by atoms with Crippen molar-refractivity contribution in [3.8, 4) is 6.07 Å². The third-order valence-corrected chi connectivity index (χ3v) is 9.07. The number of nitrogens with zero attached hydrogens (tertiary/aromatic N) is 1. The van der Waals surface area contributed by atoms with Gasteiger partial charge in [-0.25, -0.2) is 0 Å². The number of nitrogens with one attached hydrogen (secondary N) is 1. The first-order valence-electron chi connectivity index (χ1n) is 10.3. The van der Waals surface area contributed by atoms with Gasteiger partial charge in [0.25, 0.3) is 0 Å². The molecule has 0 radical (unpaired) electrons. The van der Waals surface area contributed by atoms with E-state index in [-0.39, 0.29) is 6.10 Å². The topological polar surface area (TPSA) is 56.0 Å². The van der Waals surface area contributed by atoms with Crippen LogP contribution in [0.15, 0.2) is 0 Å². The predicted molar refractivity (Wildman–Crippen MR) is 95.1 cm³/mol. The van der Waals surface area contributed by atoms with E-state index in [4.69, 9.17) is 5.26 Å². The van der Waals surface area contributed by atoms with Crippen LogP contribution in [0.5, 0.6) is 0 Å². The highest BCUT2D eigenvalue weighted by Crippen LogP contribution is 2.66. The zero-order valence-corrected chi connectivity index (χ0v) is 15.4. The molecule has 3 heteroatoms. The molecule has 4 fully saturated rings. The fourth-order valence-electron chi connectivity index (χ4n) is 7.74. The smallest absolute Gasteiger partial charge is 0.0843 e. The average molecular weight is 331 g/mol. The number of aliphatic hydroxyl groups is 1.